The van der Waals surface area contributed by atoms with Gasteiger partial charge in [-0.1, -0.05) is 39.2 Å². The van der Waals surface area contributed by atoms with E-state index in [2.05, 4.69) is 6.92 Å². The number of allylic oxidation sites excluding steroid dienone is 1. The van der Waals surface area contributed by atoms with E-state index in [9.17, 15) is 9.59 Å². The van der Waals surface area contributed by atoms with E-state index in [1.807, 2.05) is 6.92 Å². The molecule has 0 aliphatic carbocycles. The highest BCUT2D eigenvalue weighted by Crippen LogP contribution is 2.08. The van der Waals surface area contributed by atoms with Crippen molar-refractivity contribution in [1.29, 1.82) is 0 Å². The van der Waals surface area contributed by atoms with Crippen molar-refractivity contribution >= 4 is 11.9 Å². The average Bonchev–Trinajstić information content (AvgIpc) is 2.37. The lowest BCUT2D eigenvalue weighted by atomic mass is 10.1. The van der Waals surface area contributed by atoms with Gasteiger partial charge in [-0.25, -0.2) is 9.59 Å². The van der Waals surface area contributed by atoms with Crippen LogP contribution in [0.15, 0.2) is 23.3 Å². The highest BCUT2D eigenvalue weighted by atomic mass is 16.5. The lowest BCUT2D eigenvalue weighted by Gasteiger charge is -2.06. The second-order valence-corrected chi connectivity index (χ2v) is 4.40. The van der Waals surface area contributed by atoms with Gasteiger partial charge in [0.05, 0.1) is 12.2 Å². The second-order valence-electron chi connectivity index (χ2n) is 4.40. The zero-order valence-corrected chi connectivity index (χ0v) is 12.1. The molecule has 0 radical (unpaired) electrons. The molecule has 0 amide bonds. The summed E-state index contributed by atoms with van der Waals surface area (Å²) in [6, 6.07) is 0. The number of carboxylic acids is 1. The summed E-state index contributed by atoms with van der Waals surface area (Å²) in [6.45, 7) is 5.85. The monoisotopic (exact) mass is 268 g/mol. The summed E-state index contributed by atoms with van der Waals surface area (Å²) < 4.78 is 5.14. The van der Waals surface area contributed by atoms with E-state index in [-0.39, 0.29) is 5.57 Å². The van der Waals surface area contributed by atoms with E-state index in [1.165, 1.54) is 13.0 Å². The first-order chi connectivity index (χ1) is 9.02. The maximum absolute atomic E-state index is 11.8. The molecule has 108 valence electrons. The van der Waals surface area contributed by atoms with Gasteiger partial charge in [0.2, 0.25) is 0 Å². The topological polar surface area (TPSA) is 63.6 Å². The van der Waals surface area contributed by atoms with Crippen LogP contribution in [0.4, 0.5) is 0 Å². The zero-order chi connectivity index (χ0) is 14.7. The Balaban J connectivity index is 4.40. The van der Waals surface area contributed by atoms with E-state index in [1.54, 1.807) is 6.08 Å². The molecule has 0 aromatic rings. The molecule has 4 heteroatoms. The lowest BCUT2D eigenvalue weighted by Crippen LogP contribution is -2.09. The standard InChI is InChI=1S/C15H24O4/c1-4-6-7-8-10-19-15(18)13(9-5-2)11-12(3)14(16)17/h9,11H,4-8,10H2,1-3H3,(H,16,17). The molecule has 0 heterocycles. The minimum atomic E-state index is -1.03. The van der Waals surface area contributed by atoms with Crippen molar-refractivity contribution in [3.8, 4) is 0 Å². The number of carbonyl (C=O) groups excluding carboxylic acids is 1. The van der Waals surface area contributed by atoms with Gasteiger partial charge in [0.1, 0.15) is 0 Å². The maximum atomic E-state index is 11.8. The van der Waals surface area contributed by atoms with Gasteiger partial charge in [0, 0.05) is 5.57 Å². The van der Waals surface area contributed by atoms with Crippen LogP contribution in [0.1, 0.15) is 52.9 Å². The molecule has 0 aliphatic rings. The third-order valence-electron chi connectivity index (χ3n) is 2.60. The summed E-state index contributed by atoms with van der Waals surface area (Å²) >= 11 is 0. The fourth-order valence-electron chi connectivity index (χ4n) is 1.49. The van der Waals surface area contributed by atoms with Crippen LogP contribution in [0.5, 0.6) is 0 Å². The van der Waals surface area contributed by atoms with Gasteiger partial charge in [-0.3, -0.25) is 0 Å². The summed E-state index contributed by atoms with van der Waals surface area (Å²) in [5, 5.41) is 8.81. The van der Waals surface area contributed by atoms with Crippen LogP contribution >= 0.6 is 0 Å². The summed E-state index contributed by atoms with van der Waals surface area (Å²) in [4.78, 5) is 22.5. The Morgan fingerprint density at radius 3 is 2.37 bits per heavy atom. The van der Waals surface area contributed by atoms with Crippen LogP contribution in [0.25, 0.3) is 0 Å². The predicted octanol–water partition coefficient (Wildman–Crippen LogP) is 3.48. The molecule has 0 spiro atoms. The number of hydrogen-bond donors (Lipinski definition) is 1. The van der Waals surface area contributed by atoms with Crippen LogP contribution in [-0.2, 0) is 14.3 Å². The van der Waals surface area contributed by atoms with Crippen molar-refractivity contribution < 1.29 is 19.4 Å². The van der Waals surface area contributed by atoms with Crippen molar-refractivity contribution in [3.63, 3.8) is 0 Å². The van der Waals surface area contributed by atoms with E-state index in [0.717, 1.165) is 25.7 Å². The van der Waals surface area contributed by atoms with Crippen LogP contribution in [0, 0.1) is 0 Å². The fourth-order valence-corrected chi connectivity index (χ4v) is 1.49. The van der Waals surface area contributed by atoms with Gasteiger partial charge in [0.15, 0.2) is 0 Å². The van der Waals surface area contributed by atoms with Crippen molar-refractivity contribution in [2.75, 3.05) is 6.61 Å². The van der Waals surface area contributed by atoms with Gasteiger partial charge < -0.3 is 9.84 Å². The molecular formula is C15H24O4. The molecule has 0 saturated heterocycles. The molecule has 0 aliphatic heterocycles. The summed E-state index contributed by atoms with van der Waals surface area (Å²) in [7, 11) is 0. The van der Waals surface area contributed by atoms with Crippen LogP contribution < -0.4 is 0 Å². The van der Waals surface area contributed by atoms with Gasteiger partial charge in [0.25, 0.3) is 0 Å². The van der Waals surface area contributed by atoms with Crippen molar-refractivity contribution in [2.24, 2.45) is 0 Å². The van der Waals surface area contributed by atoms with Crippen molar-refractivity contribution in [2.45, 2.75) is 52.9 Å². The molecule has 0 aromatic carbocycles. The molecule has 0 aromatic heterocycles. The predicted molar refractivity (Wildman–Crippen MR) is 74.9 cm³/mol. The molecule has 0 unspecified atom stereocenters. The summed E-state index contributed by atoms with van der Waals surface area (Å²) in [6.07, 6.45) is 7.86. The zero-order valence-electron chi connectivity index (χ0n) is 12.1. The number of hydrogen-bond acceptors (Lipinski definition) is 3. The normalized spacial score (nSPS) is 12.4. The molecule has 0 fully saturated rings. The Morgan fingerprint density at radius 1 is 1.16 bits per heavy atom. The van der Waals surface area contributed by atoms with E-state index < -0.39 is 11.9 Å². The quantitative estimate of drug-likeness (QED) is 0.301. The summed E-state index contributed by atoms with van der Waals surface area (Å²) in [5.41, 5.74) is 0.445. The number of aliphatic carboxylic acids is 1. The van der Waals surface area contributed by atoms with Gasteiger partial charge in [-0.15, -0.1) is 0 Å². The number of rotatable bonds is 9. The fraction of sp³-hybridized carbons (Fsp3) is 0.600. The Morgan fingerprint density at radius 2 is 1.84 bits per heavy atom. The second kappa shape index (κ2) is 10.4. The van der Waals surface area contributed by atoms with E-state index in [0.29, 0.717) is 18.6 Å². The molecule has 4 nitrogen and oxygen atoms in total. The van der Waals surface area contributed by atoms with E-state index >= 15 is 0 Å². The molecule has 19 heavy (non-hydrogen) atoms. The van der Waals surface area contributed by atoms with Gasteiger partial charge in [-0.2, -0.15) is 0 Å². The third kappa shape index (κ3) is 8.19. The highest BCUT2D eigenvalue weighted by molar-refractivity contribution is 5.95. The Hall–Kier alpha value is -1.58. The highest BCUT2D eigenvalue weighted by Gasteiger charge is 2.10. The SMILES string of the molecule is CCC=C(C=C(C)C(=O)O)C(=O)OCCCCCC. The van der Waals surface area contributed by atoms with Gasteiger partial charge >= 0.3 is 11.9 Å². The number of carboxylic acid groups (broad SMARTS) is 1. The Bertz CT molecular complexity index is 353. The van der Waals surface area contributed by atoms with Crippen molar-refractivity contribution in [3.05, 3.63) is 23.3 Å². The number of ether oxygens (including phenoxy) is 1. The first-order valence-electron chi connectivity index (χ1n) is 6.81. The van der Waals surface area contributed by atoms with Crippen molar-refractivity contribution in [1.82, 2.24) is 0 Å². The molecule has 1 N–H and O–H groups in total. The molecule has 0 saturated carbocycles. The number of esters is 1. The maximum Gasteiger partial charge on any atom is 0.337 e. The molecule has 0 atom stereocenters. The number of carbonyl (C=O) groups is 2. The lowest BCUT2D eigenvalue weighted by molar-refractivity contribution is -0.138. The average molecular weight is 268 g/mol. The minimum Gasteiger partial charge on any atom is -0.478 e. The largest absolute Gasteiger partial charge is 0.478 e. The number of unbranched alkanes of at least 4 members (excludes halogenated alkanes) is 3. The van der Waals surface area contributed by atoms with Gasteiger partial charge in [-0.05, 0) is 25.8 Å². The van der Waals surface area contributed by atoms with Crippen LogP contribution in [-0.4, -0.2) is 23.7 Å². The Kier molecular flexibility index (Phi) is 9.49. The summed E-state index contributed by atoms with van der Waals surface area (Å²) in [5.74, 6) is -1.48. The molecule has 0 bridgehead atoms. The molecule has 0 rings (SSSR count). The first-order valence-corrected chi connectivity index (χ1v) is 6.81. The van der Waals surface area contributed by atoms with Crippen LogP contribution in [0.2, 0.25) is 0 Å². The van der Waals surface area contributed by atoms with Crippen LogP contribution in [0.3, 0.4) is 0 Å². The van der Waals surface area contributed by atoms with E-state index in [4.69, 9.17) is 9.84 Å². The smallest absolute Gasteiger partial charge is 0.337 e. The minimum absolute atomic E-state index is 0.127. The Labute approximate surface area is 115 Å². The third-order valence-corrected chi connectivity index (χ3v) is 2.60. The first kappa shape index (κ1) is 17.4. The molecular weight excluding hydrogens is 244 g/mol.